The Morgan fingerprint density at radius 1 is 1.32 bits per heavy atom. The van der Waals surface area contributed by atoms with Crippen molar-refractivity contribution >= 4 is 23.2 Å². The quantitative estimate of drug-likeness (QED) is 0.841. The Morgan fingerprint density at radius 2 is 1.95 bits per heavy atom. The van der Waals surface area contributed by atoms with Gasteiger partial charge in [-0.05, 0) is 43.6 Å². The van der Waals surface area contributed by atoms with Gasteiger partial charge in [-0.3, -0.25) is 9.69 Å². The molecule has 104 valence electrons. The minimum Gasteiger partial charge on any atom is -0.326 e. The van der Waals surface area contributed by atoms with Gasteiger partial charge in [0.2, 0.25) is 5.91 Å². The molecule has 3 nitrogen and oxygen atoms in total. The Bertz CT molecular complexity index is 413. The highest BCUT2D eigenvalue weighted by Gasteiger charge is 2.13. The van der Waals surface area contributed by atoms with Crippen LogP contribution >= 0.6 is 11.6 Å². The third-order valence-corrected chi connectivity index (χ3v) is 3.97. The van der Waals surface area contributed by atoms with Crippen LogP contribution in [0.5, 0.6) is 0 Å². The second-order valence-electron chi connectivity index (χ2n) is 5.22. The first-order chi connectivity index (χ1) is 9.19. The lowest BCUT2D eigenvalue weighted by molar-refractivity contribution is -0.118. The molecule has 1 unspecified atom stereocenters. The number of rotatable bonds is 5. The molecule has 1 aliphatic rings. The van der Waals surface area contributed by atoms with Crippen molar-refractivity contribution in [3.8, 4) is 0 Å². The molecule has 1 aromatic carbocycles. The molecule has 1 heterocycles. The first-order valence-corrected chi connectivity index (χ1v) is 7.40. The Hall–Kier alpha value is -1.06. The number of hydrogen-bond donors (Lipinski definition) is 1. The van der Waals surface area contributed by atoms with Crippen molar-refractivity contribution < 1.29 is 4.79 Å². The zero-order chi connectivity index (χ0) is 13.7. The molecule has 1 aromatic rings. The molecule has 1 saturated heterocycles. The van der Waals surface area contributed by atoms with Crippen molar-refractivity contribution in [2.24, 2.45) is 5.92 Å². The molecular formula is C15H21ClN2O. The van der Waals surface area contributed by atoms with Gasteiger partial charge in [0.15, 0.2) is 0 Å². The molecule has 0 aromatic heterocycles. The monoisotopic (exact) mass is 280 g/mol. The third-order valence-electron chi connectivity index (χ3n) is 3.51. The number of carbonyl (C=O) groups excluding carboxylic acids is 1. The van der Waals surface area contributed by atoms with Crippen molar-refractivity contribution in [3.05, 3.63) is 29.8 Å². The van der Waals surface area contributed by atoms with E-state index in [-0.39, 0.29) is 11.8 Å². The summed E-state index contributed by atoms with van der Waals surface area (Å²) in [6, 6.07) is 8.09. The van der Waals surface area contributed by atoms with Crippen LogP contribution in [0.15, 0.2) is 24.3 Å². The predicted octanol–water partition coefficient (Wildman–Crippen LogP) is 3.10. The number of anilines is 1. The maximum absolute atomic E-state index is 11.7. The van der Waals surface area contributed by atoms with Gasteiger partial charge in [-0.1, -0.05) is 19.1 Å². The van der Waals surface area contributed by atoms with Gasteiger partial charge >= 0.3 is 0 Å². The number of likely N-dealkylation sites (tertiary alicyclic amines) is 1. The number of hydrogen-bond acceptors (Lipinski definition) is 2. The van der Waals surface area contributed by atoms with Crippen molar-refractivity contribution in [1.82, 2.24) is 4.90 Å². The third kappa shape index (κ3) is 4.22. The topological polar surface area (TPSA) is 32.3 Å². The van der Waals surface area contributed by atoms with Crippen LogP contribution in [0.4, 0.5) is 5.69 Å². The number of carbonyl (C=O) groups is 1. The second-order valence-corrected chi connectivity index (χ2v) is 5.53. The van der Waals surface area contributed by atoms with E-state index in [4.69, 9.17) is 11.6 Å². The highest BCUT2D eigenvalue weighted by atomic mass is 35.5. The van der Waals surface area contributed by atoms with Crippen molar-refractivity contribution in [1.29, 1.82) is 0 Å². The smallest absolute Gasteiger partial charge is 0.228 e. The molecule has 0 spiro atoms. The van der Waals surface area contributed by atoms with Crippen LogP contribution in [0.1, 0.15) is 25.3 Å². The van der Waals surface area contributed by atoms with Crippen LogP contribution in [-0.4, -0.2) is 29.8 Å². The summed E-state index contributed by atoms with van der Waals surface area (Å²) >= 11 is 5.67. The van der Waals surface area contributed by atoms with Gasteiger partial charge in [-0.25, -0.2) is 0 Å². The molecule has 1 fully saturated rings. The van der Waals surface area contributed by atoms with Crippen LogP contribution < -0.4 is 5.32 Å². The maximum Gasteiger partial charge on any atom is 0.228 e. The maximum atomic E-state index is 11.7. The van der Waals surface area contributed by atoms with Crippen LogP contribution in [0.2, 0.25) is 0 Å². The number of nitrogens with zero attached hydrogens (tertiary/aromatic N) is 1. The number of amides is 1. The summed E-state index contributed by atoms with van der Waals surface area (Å²) in [6.45, 7) is 5.23. The van der Waals surface area contributed by atoms with Crippen LogP contribution in [0.3, 0.4) is 0 Å². The molecular weight excluding hydrogens is 260 g/mol. The van der Waals surface area contributed by atoms with Gasteiger partial charge in [0.25, 0.3) is 0 Å². The average Bonchev–Trinajstić information content (AvgIpc) is 2.93. The minimum absolute atomic E-state index is 0.0257. The summed E-state index contributed by atoms with van der Waals surface area (Å²) < 4.78 is 0. The van der Waals surface area contributed by atoms with Gasteiger partial charge in [-0.15, -0.1) is 11.6 Å². The van der Waals surface area contributed by atoms with Crippen LogP contribution in [0.25, 0.3) is 0 Å². The van der Waals surface area contributed by atoms with E-state index < -0.39 is 0 Å². The van der Waals surface area contributed by atoms with Crippen molar-refractivity contribution in [3.63, 3.8) is 0 Å². The second kappa shape index (κ2) is 6.92. The van der Waals surface area contributed by atoms with E-state index in [2.05, 4.69) is 22.3 Å². The van der Waals surface area contributed by atoms with E-state index in [1.165, 1.54) is 31.5 Å². The Kier molecular flexibility index (Phi) is 5.23. The lowest BCUT2D eigenvalue weighted by atomic mass is 10.1. The molecule has 0 saturated carbocycles. The zero-order valence-electron chi connectivity index (χ0n) is 11.4. The van der Waals surface area contributed by atoms with Gasteiger partial charge in [0.05, 0.1) is 0 Å². The first kappa shape index (κ1) is 14.4. The standard InChI is InChI=1S/C15H21ClN2O/c1-12(10-16)15(19)17-14-6-4-13(5-7-14)11-18-8-2-3-9-18/h4-7,12H,2-3,8-11H2,1H3,(H,17,19). The highest BCUT2D eigenvalue weighted by molar-refractivity contribution is 6.19. The Morgan fingerprint density at radius 3 is 2.53 bits per heavy atom. The van der Waals surface area contributed by atoms with Crippen LogP contribution in [0, 0.1) is 5.92 Å². The molecule has 1 N–H and O–H groups in total. The van der Waals surface area contributed by atoms with E-state index >= 15 is 0 Å². The Labute approximate surface area is 119 Å². The van der Waals surface area contributed by atoms with E-state index in [1.807, 2.05) is 19.1 Å². The van der Waals surface area contributed by atoms with Crippen molar-refractivity contribution in [2.45, 2.75) is 26.3 Å². The summed E-state index contributed by atoms with van der Waals surface area (Å²) in [5.41, 5.74) is 2.14. The lowest BCUT2D eigenvalue weighted by Gasteiger charge is -2.15. The number of alkyl halides is 1. The minimum atomic E-state index is -0.161. The van der Waals surface area contributed by atoms with Crippen molar-refractivity contribution in [2.75, 3.05) is 24.3 Å². The van der Waals surface area contributed by atoms with E-state index in [1.54, 1.807) is 0 Å². The molecule has 0 aliphatic carbocycles. The fourth-order valence-electron chi connectivity index (χ4n) is 2.23. The SMILES string of the molecule is CC(CCl)C(=O)Nc1ccc(CN2CCCC2)cc1. The summed E-state index contributed by atoms with van der Waals surface area (Å²) in [4.78, 5) is 14.2. The average molecular weight is 281 g/mol. The van der Waals surface area contributed by atoms with E-state index in [9.17, 15) is 4.79 Å². The van der Waals surface area contributed by atoms with E-state index in [0.29, 0.717) is 5.88 Å². The molecule has 1 amide bonds. The van der Waals surface area contributed by atoms with Gasteiger partial charge < -0.3 is 5.32 Å². The molecule has 0 bridgehead atoms. The zero-order valence-corrected chi connectivity index (χ0v) is 12.1. The largest absolute Gasteiger partial charge is 0.326 e. The molecule has 1 aliphatic heterocycles. The predicted molar refractivity (Wildman–Crippen MR) is 79.5 cm³/mol. The number of halogens is 1. The number of benzene rings is 1. The fourth-order valence-corrected chi connectivity index (χ4v) is 2.37. The van der Waals surface area contributed by atoms with Gasteiger partial charge in [0.1, 0.15) is 0 Å². The van der Waals surface area contributed by atoms with Gasteiger partial charge in [0, 0.05) is 24.0 Å². The number of nitrogens with one attached hydrogen (secondary N) is 1. The normalized spacial score (nSPS) is 17.4. The molecule has 1 atom stereocenters. The molecule has 4 heteroatoms. The van der Waals surface area contributed by atoms with E-state index in [0.717, 1.165) is 12.2 Å². The molecule has 19 heavy (non-hydrogen) atoms. The summed E-state index contributed by atoms with van der Waals surface area (Å²) in [7, 11) is 0. The fraction of sp³-hybridized carbons (Fsp3) is 0.533. The summed E-state index contributed by atoms with van der Waals surface area (Å²) in [5, 5.41) is 2.88. The van der Waals surface area contributed by atoms with Crippen LogP contribution in [-0.2, 0) is 11.3 Å². The van der Waals surface area contributed by atoms with Gasteiger partial charge in [-0.2, -0.15) is 0 Å². The Balaban J connectivity index is 1.88. The first-order valence-electron chi connectivity index (χ1n) is 6.87. The molecule has 0 radical (unpaired) electrons. The molecule has 2 rings (SSSR count). The summed E-state index contributed by atoms with van der Waals surface area (Å²) in [5.74, 6) is 0.159. The summed E-state index contributed by atoms with van der Waals surface area (Å²) in [6.07, 6.45) is 2.62. The lowest BCUT2D eigenvalue weighted by Crippen LogP contribution is -2.21. The highest BCUT2D eigenvalue weighted by Crippen LogP contribution is 2.15.